The second-order valence-electron chi connectivity index (χ2n) is 5.28. The molecule has 22 heavy (non-hydrogen) atoms. The lowest BCUT2D eigenvalue weighted by atomic mass is 9.93. The highest BCUT2D eigenvalue weighted by Gasteiger charge is 2.21. The molecule has 2 aromatic rings. The molecule has 1 unspecified atom stereocenters. The molecule has 0 bridgehead atoms. The van der Waals surface area contributed by atoms with Gasteiger partial charge in [0.15, 0.2) is 6.61 Å². The molecule has 1 N–H and O–H groups in total. The first-order valence-electron chi connectivity index (χ1n) is 7.49. The standard InChI is InChI=1S/C18H19NO3/c20-18(13-22-15-6-2-1-3-7-15)19-12-14-10-11-21-17-9-5-4-8-16(14)17/h1-9,14H,10-13H2,(H,19,20). The lowest BCUT2D eigenvalue weighted by Gasteiger charge is -2.26. The molecule has 0 aliphatic carbocycles. The van der Waals surface area contributed by atoms with Crippen LogP contribution in [0.25, 0.3) is 0 Å². The smallest absolute Gasteiger partial charge is 0.257 e. The highest BCUT2D eigenvalue weighted by atomic mass is 16.5. The van der Waals surface area contributed by atoms with Gasteiger partial charge < -0.3 is 14.8 Å². The third kappa shape index (κ3) is 3.58. The van der Waals surface area contributed by atoms with Gasteiger partial charge in [0, 0.05) is 12.5 Å². The van der Waals surface area contributed by atoms with Gasteiger partial charge in [0.2, 0.25) is 0 Å². The van der Waals surface area contributed by atoms with E-state index in [0.29, 0.717) is 24.8 Å². The van der Waals surface area contributed by atoms with E-state index in [0.717, 1.165) is 17.7 Å². The quantitative estimate of drug-likeness (QED) is 0.923. The molecule has 0 aromatic heterocycles. The van der Waals surface area contributed by atoms with E-state index in [1.165, 1.54) is 0 Å². The summed E-state index contributed by atoms with van der Waals surface area (Å²) in [5, 5.41) is 2.94. The first-order chi connectivity index (χ1) is 10.8. The number of nitrogens with one attached hydrogen (secondary N) is 1. The van der Waals surface area contributed by atoms with Crippen LogP contribution in [0.3, 0.4) is 0 Å². The number of carbonyl (C=O) groups excluding carboxylic acids is 1. The molecule has 0 saturated carbocycles. The molecule has 0 spiro atoms. The average Bonchev–Trinajstić information content (AvgIpc) is 2.59. The van der Waals surface area contributed by atoms with Crippen LogP contribution >= 0.6 is 0 Å². The van der Waals surface area contributed by atoms with Crippen LogP contribution in [0.5, 0.6) is 11.5 Å². The maximum Gasteiger partial charge on any atom is 0.257 e. The summed E-state index contributed by atoms with van der Waals surface area (Å²) in [5.41, 5.74) is 1.16. The van der Waals surface area contributed by atoms with E-state index in [4.69, 9.17) is 9.47 Å². The van der Waals surface area contributed by atoms with E-state index < -0.39 is 0 Å². The first-order valence-corrected chi connectivity index (χ1v) is 7.49. The van der Waals surface area contributed by atoms with Crippen molar-refractivity contribution in [2.45, 2.75) is 12.3 Å². The van der Waals surface area contributed by atoms with Crippen molar-refractivity contribution >= 4 is 5.91 Å². The number of fused-ring (bicyclic) bond motifs is 1. The molecule has 114 valence electrons. The number of hydrogen-bond acceptors (Lipinski definition) is 3. The fourth-order valence-electron chi connectivity index (χ4n) is 2.58. The maximum absolute atomic E-state index is 11.9. The summed E-state index contributed by atoms with van der Waals surface area (Å²) in [5.74, 6) is 1.82. The molecular weight excluding hydrogens is 278 g/mol. The number of para-hydroxylation sites is 2. The van der Waals surface area contributed by atoms with Gasteiger partial charge in [-0.1, -0.05) is 36.4 Å². The van der Waals surface area contributed by atoms with Crippen LogP contribution in [0.1, 0.15) is 17.9 Å². The Morgan fingerprint density at radius 3 is 2.77 bits per heavy atom. The summed E-state index contributed by atoms with van der Waals surface area (Å²) in [7, 11) is 0. The Labute approximate surface area is 130 Å². The number of carbonyl (C=O) groups is 1. The van der Waals surface area contributed by atoms with Crippen LogP contribution in [-0.4, -0.2) is 25.7 Å². The Morgan fingerprint density at radius 1 is 1.14 bits per heavy atom. The molecule has 1 heterocycles. The van der Waals surface area contributed by atoms with Crippen molar-refractivity contribution in [3.05, 3.63) is 60.2 Å². The summed E-state index contributed by atoms with van der Waals surface area (Å²) < 4.78 is 11.1. The summed E-state index contributed by atoms with van der Waals surface area (Å²) in [4.78, 5) is 11.9. The Bertz CT molecular complexity index is 627. The van der Waals surface area contributed by atoms with Crippen LogP contribution < -0.4 is 14.8 Å². The maximum atomic E-state index is 11.9. The molecule has 1 amide bonds. The van der Waals surface area contributed by atoms with E-state index >= 15 is 0 Å². The fraction of sp³-hybridized carbons (Fsp3) is 0.278. The Kier molecular flexibility index (Phi) is 4.59. The predicted molar refractivity (Wildman–Crippen MR) is 84.2 cm³/mol. The van der Waals surface area contributed by atoms with Crippen molar-refractivity contribution in [1.29, 1.82) is 0 Å². The van der Waals surface area contributed by atoms with Gasteiger partial charge in [-0.05, 0) is 30.2 Å². The van der Waals surface area contributed by atoms with E-state index in [1.807, 2.05) is 48.5 Å². The molecule has 1 aliphatic heterocycles. The molecule has 1 aliphatic rings. The van der Waals surface area contributed by atoms with Gasteiger partial charge in [-0.25, -0.2) is 0 Å². The summed E-state index contributed by atoms with van der Waals surface area (Å²) in [6.07, 6.45) is 0.914. The Morgan fingerprint density at radius 2 is 1.91 bits per heavy atom. The lowest BCUT2D eigenvalue weighted by molar-refractivity contribution is -0.123. The lowest BCUT2D eigenvalue weighted by Crippen LogP contribution is -2.33. The van der Waals surface area contributed by atoms with Crippen LogP contribution in [0.4, 0.5) is 0 Å². The van der Waals surface area contributed by atoms with Gasteiger partial charge in [0.05, 0.1) is 6.61 Å². The zero-order valence-electron chi connectivity index (χ0n) is 12.3. The number of hydrogen-bond donors (Lipinski definition) is 1. The molecule has 4 heteroatoms. The van der Waals surface area contributed by atoms with E-state index in [9.17, 15) is 4.79 Å². The second-order valence-corrected chi connectivity index (χ2v) is 5.28. The van der Waals surface area contributed by atoms with Crippen molar-refractivity contribution in [2.24, 2.45) is 0 Å². The SMILES string of the molecule is O=C(COc1ccccc1)NCC1CCOc2ccccc21. The average molecular weight is 297 g/mol. The molecular formula is C18H19NO3. The Hall–Kier alpha value is -2.49. The molecule has 0 saturated heterocycles. The minimum absolute atomic E-state index is 0.0366. The van der Waals surface area contributed by atoms with Crippen molar-refractivity contribution in [3.63, 3.8) is 0 Å². The van der Waals surface area contributed by atoms with Gasteiger partial charge in [0.1, 0.15) is 11.5 Å². The second kappa shape index (κ2) is 6.98. The van der Waals surface area contributed by atoms with Gasteiger partial charge in [-0.3, -0.25) is 4.79 Å². The molecule has 0 radical (unpaired) electrons. The number of rotatable bonds is 5. The number of amides is 1. The van der Waals surface area contributed by atoms with Crippen molar-refractivity contribution in [2.75, 3.05) is 19.8 Å². The van der Waals surface area contributed by atoms with Gasteiger partial charge in [0.25, 0.3) is 5.91 Å². The zero-order chi connectivity index (χ0) is 15.2. The van der Waals surface area contributed by atoms with Crippen LogP contribution in [-0.2, 0) is 4.79 Å². The first kappa shape index (κ1) is 14.4. The zero-order valence-corrected chi connectivity index (χ0v) is 12.3. The Balaban J connectivity index is 1.50. The molecule has 2 aromatic carbocycles. The monoisotopic (exact) mass is 297 g/mol. The normalized spacial score (nSPS) is 16.3. The van der Waals surface area contributed by atoms with Gasteiger partial charge in [-0.15, -0.1) is 0 Å². The highest BCUT2D eigenvalue weighted by molar-refractivity contribution is 5.77. The van der Waals surface area contributed by atoms with Crippen LogP contribution in [0.15, 0.2) is 54.6 Å². The molecule has 1 atom stereocenters. The van der Waals surface area contributed by atoms with Crippen molar-refractivity contribution in [3.8, 4) is 11.5 Å². The van der Waals surface area contributed by atoms with E-state index in [1.54, 1.807) is 0 Å². The topological polar surface area (TPSA) is 47.6 Å². The summed E-state index contributed by atoms with van der Waals surface area (Å²) in [6.45, 7) is 1.34. The summed E-state index contributed by atoms with van der Waals surface area (Å²) >= 11 is 0. The van der Waals surface area contributed by atoms with Gasteiger partial charge >= 0.3 is 0 Å². The van der Waals surface area contributed by atoms with E-state index in [2.05, 4.69) is 11.4 Å². The number of benzene rings is 2. The van der Waals surface area contributed by atoms with Crippen LogP contribution in [0.2, 0.25) is 0 Å². The molecule has 3 rings (SSSR count). The van der Waals surface area contributed by atoms with Crippen molar-refractivity contribution < 1.29 is 14.3 Å². The third-order valence-corrected chi connectivity index (χ3v) is 3.74. The largest absolute Gasteiger partial charge is 0.493 e. The highest BCUT2D eigenvalue weighted by Crippen LogP contribution is 2.32. The van der Waals surface area contributed by atoms with Gasteiger partial charge in [-0.2, -0.15) is 0 Å². The predicted octanol–water partition coefficient (Wildman–Crippen LogP) is 2.75. The minimum atomic E-state index is -0.104. The third-order valence-electron chi connectivity index (χ3n) is 3.74. The van der Waals surface area contributed by atoms with Crippen molar-refractivity contribution in [1.82, 2.24) is 5.32 Å². The molecule has 0 fully saturated rings. The summed E-state index contributed by atoms with van der Waals surface area (Å²) in [6, 6.07) is 17.3. The number of ether oxygens (including phenoxy) is 2. The fourth-order valence-corrected chi connectivity index (χ4v) is 2.58. The minimum Gasteiger partial charge on any atom is -0.493 e. The molecule has 4 nitrogen and oxygen atoms in total. The van der Waals surface area contributed by atoms with E-state index in [-0.39, 0.29) is 12.5 Å². The van der Waals surface area contributed by atoms with Crippen LogP contribution in [0, 0.1) is 0 Å².